The van der Waals surface area contributed by atoms with Crippen LogP contribution in [-0.4, -0.2) is 29.4 Å². The van der Waals surface area contributed by atoms with Crippen LogP contribution in [0.3, 0.4) is 0 Å². The standard InChI is InChI=1S/C27H26F2N4O2/c28-18-7-6-10-22(14-18)33(25(34)17-31-20-13-19(29)15-30-16-20)26-23-11-4-5-12-24(23)32(27(26)35)21-8-2-1-3-9-21/h4-7,10-16,21,26,31H,1-3,8-9,17H2. The summed E-state index contributed by atoms with van der Waals surface area (Å²) in [6.07, 6.45) is 7.56. The Balaban J connectivity index is 1.51. The summed E-state index contributed by atoms with van der Waals surface area (Å²) in [6, 6.07) is 13.5. The molecular weight excluding hydrogens is 450 g/mol. The molecular formula is C27H26F2N4O2. The molecule has 2 heterocycles. The molecule has 1 aromatic heterocycles. The van der Waals surface area contributed by atoms with Gasteiger partial charge in [-0.1, -0.05) is 43.5 Å². The molecule has 180 valence electrons. The average molecular weight is 477 g/mol. The molecule has 5 rings (SSSR count). The van der Waals surface area contributed by atoms with Gasteiger partial charge in [0.15, 0.2) is 0 Å². The number of halogens is 2. The van der Waals surface area contributed by atoms with E-state index in [-0.39, 0.29) is 24.2 Å². The van der Waals surface area contributed by atoms with Gasteiger partial charge in [-0.05, 0) is 37.1 Å². The van der Waals surface area contributed by atoms with Crippen molar-refractivity contribution in [3.05, 3.63) is 84.2 Å². The normalized spacial score (nSPS) is 17.8. The van der Waals surface area contributed by atoms with E-state index >= 15 is 0 Å². The molecule has 1 atom stereocenters. The third-order valence-corrected chi connectivity index (χ3v) is 6.66. The number of pyridine rings is 1. The maximum Gasteiger partial charge on any atom is 0.255 e. The summed E-state index contributed by atoms with van der Waals surface area (Å²) in [7, 11) is 0. The van der Waals surface area contributed by atoms with Crippen molar-refractivity contribution < 1.29 is 18.4 Å². The monoisotopic (exact) mass is 476 g/mol. The third-order valence-electron chi connectivity index (χ3n) is 6.66. The van der Waals surface area contributed by atoms with Crippen LogP contribution >= 0.6 is 0 Å². The first-order chi connectivity index (χ1) is 17.0. The Morgan fingerprint density at radius 3 is 2.57 bits per heavy atom. The van der Waals surface area contributed by atoms with Gasteiger partial charge in [0.25, 0.3) is 5.91 Å². The highest BCUT2D eigenvalue weighted by molar-refractivity contribution is 6.12. The highest BCUT2D eigenvalue weighted by Gasteiger charge is 2.45. The lowest BCUT2D eigenvalue weighted by atomic mass is 9.94. The van der Waals surface area contributed by atoms with Gasteiger partial charge >= 0.3 is 0 Å². The highest BCUT2D eigenvalue weighted by Crippen LogP contribution is 2.44. The molecule has 1 aliphatic heterocycles. The molecule has 0 spiro atoms. The molecule has 1 N–H and O–H groups in total. The van der Waals surface area contributed by atoms with Gasteiger partial charge in [0, 0.05) is 29.0 Å². The predicted molar refractivity (Wildman–Crippen MR) is 130 cm³/mol. The SMILES string of the molecule is O=C1C(N(C(=O)CNc2cncc(F)c2)c2cccc(F)c2)c2ccccc2N1C1CCCCC1. The van der Waals surface area contributed by atoms with E-state index in [2.05, 4.69) is 10.3 Å². The predicted octanol–water partition coefficient (Wildman–Crippen LogP) is 5.23. The van der Waals surface area contributed by atoms with Crippen molar-refractivity contribution in [3.63, 3.8) is 0 Å². The fourth-order valence-corrected chi connectivity index (χ4v) is 5.12. The molecule has 0 saturated heterocycles. The summed E-state index contributed by atoms with van der Waals surface area (Å²) < 4.78 is 27.8. The molecule has 6 nitrogen and oxygen atoms in total. The number of aromatic nitrogens is 1. The van der Waals surface area contributed by atoms with Crippen molar-refractivity contribution in [1.29, 1.82) is 0 Å². The quantitative estimate of drug-likeness (QED) is 0.530. The molecule has 1 aliphatic carbocycles. The van der Waals surface area contributed by atoms with Gasteiger partial charge in [0.2, 0.25) is 5.91 Å². The van der Waals surface area contributed by atoms with Crippen molar-refractivity contribution >= 4 is 28.9 Å². The Morgan fingerprint density at radius 2 is 1.80 bits per heavy atom. The molecule has 1 unspecified atom stereocenters. The maximum absolute atomic E-state index is 14.2. The highest BCUT2D eigenvalue weighted by atomic mass is 19.1. The molecule has 2 aromatic carbocycles. The van der Waals surface area contributed by atoms with Gasteiger partial charge in [-0.3, -0.25) is 19.5 Å². The Hall–Kier alpha value is -3.81. The van der Waals surface area contributed by atoms with Gasteiger partial charge in [-0.15, -0.1) is 0 Å². The van der Waals surface area contributed by atoms with Gasteiger partial charge in [-0.25, -0.2) is 8.78 Å². The first-order valence-corrected chi connectivity index (χ1v) is 11.9. The zero-order chi connectivity index (χ0) is 24.4. The molecule has 1 saturated carbocycles. The lowest BCUT2D eigenvalue weighted by molar-refractivity contribution is -0.124. The van der Waals surface area contributed by atoms with E-state index in [1.165, 1.54) is 35.4 Å². The van der Waals surface area contributed by atoms with Crippen LogP contribution < -0.4 is 15.1 Å². The average Bonchev–Trinajstić information content (AvgIpc) is 3.15. The summed E-state index contributed by atoms with van der Waals surface area (Å²) >= 11 is 0. The van der Waals surface area contributed by atoms with E-state index in [0.29, 0.717) is 11.3 Å². The van der Waals surface area contributed by atoms with Gasteiger partial charge in [0.1, 0.15) is 17.7 Å². The first kappa shape index (κ1) is 23.0. The largest absolute Gasteiger partial charge is 0.375 e. The van der Waals surface area contributed by atoms with E-state index in [9.17, 15) is 18.4 Å². The Kier molecular flexibility index (Phi) is 6.44. The Morgan fingerprint density at radius 1 is 1.00 bits per heavy atom. The Bertz CT molecular complexity index is 1250. The lowest BCUT2D eigenvalue weighted by Gasteiger charge is -2.33. The number of carbonyl (C=O) groups is 2. The van der Waals surface area contributed by atoms with E-state index in [0.717, 1.165) is 44.0 Å². The van der Waals surface area contributed by atoms with Crippen molar-refractivity contribution in [2.75, 3.05) is 21.7 Å². The zero-order valence-electron chi connectivity index (χ0n) is 19.2. The van der Waals surface area contributed by atoms with Crippen LogP contribution in [0.5, 0.6) is 0 Å². The molecule has 8 heteroatoms. The summed E-state index contributed by atoms with van der Waals surface area (Å²) in [5, 5.41) is 2.87. The van der Waals surface area contributed by atoms with Crippen molar-refractivity contribution in [1.82, 2.24) is 4.98 Å². The topological polar surface area (TPSA) is 65.5 Å². The minimum atomic E-state index is -0.921. The van der Waals surface area contributed by atoms with Crippen LogP contribution in [-0.2, 0) is 9.59 Å². The van der Waals surface area contributed by atoms with Crippen molar-refractivity contribution in [2.45, 2.75) is 44.2 Å². The summed E-state index contributed by atoms with van der Waals surface area (Å²) in [5.41, 5.74) is 2.13. The van der Waals surface area contributed by atoms with E-state index in [1.54, 1.807) is 6.07 Å². The number of rotatable bonds is 6. The second kappa shape index (κ2) is 9.82. The number of anilines is 3. The number of hydrogen-bond acceptors (Lipinski definition) is 4. The lowest BCUT2D eigenvalue weighted by Crippen LogP contribution is -2.46. The number of nitrogens with one attached hydrogen (secondary N) is 1. The molecule has 3 aromatic rings. The smallest absolute Gasteiger partial charge is 0.255 e. The zero-order valence-corrected chi connectivity index (χ0v) is 19.2. The number of para-hydroxylation sites is 1. The van der Waals surface area contributed by atoms with Crippen LogP contribution in [0, 0.1) is 11.6 Å². The Labute approximate surface area is 202 Å². The molecule has 35 heavy (non-hydrogen) atoms. The fraction of sp³-hybridized carbons (Fsp3) is 0.296. The number of fused-ring (bicyclic) bond motifs is 1. The summed E-state index contributed by atoms with van der Waals surface area (Å²) in [6.45, 7) is -0.225. The minimum absolute atomic E-state index is 0.0726. The van der Waals surface area contributed by atoms with Crippen LogP contribution in [0.4, 0.5) is 25.8 Å². The second-order valence-electron chi connectivity index (χ2n) is 8.95. The number of benzene rings is 2. The minimum Gasteiger partial charge on any atom is -0.375 e. The van der Waals surface area contributed by atoms with Crippen LogP contribution in [0.2, 0.25) is 0 Å². The molecule has 2 aliphatic rings. The number of nitrogens with zero attached hydrogens (tertiary/aromatic N) is 3. The van der Waals surface area contributed by atoms with E-state index in [1.807, 2.05) is 29.2 Å². The first-order valence-electron chi connectivity index (χ1n) is 11.9. The van der Waals surface area contributed by atoms with Crippen LogP contribution in [0.1, 0.15) is 43.7 Å². The van der Waals surface area contributed by atoms with Gasteiger partial charge < -0.3 is 10.2 Å². The number of carbonyl (C=O) groups excluding carboxylic acids is 2. The third kappa shape index (κ3) is 4.60. The van der Waals surface area contributed by atoms with E-state index in [4.69, 9.17) is 0 Å². The second-order valence-corrected chi connectivity index (χ2v) is 8.95. The van der Waals surface area contributed by atoms with E-state index < -0.39 is 23.6 Å². The molecule has 0 radical (unpaired) electrons. The van der Waals surface area contributed by atoms with Gasteiger partial charge in [0.05, 0.1) is 24.6 Å². The van der Waals surface area contributed by atoms with Crippen LogP contribution in [0.25, 0.3) is 0 Å². The van der Waals surface area contributed by atoms with Crippen molar-refractivity contribution in [3.8, 4) is 0 Å². The number of hydrogen-bond donors (Lipinski definition) is 1. The van der Waals surface area contributed by atoms with Crippen molar-refractivity contribution in [2.24, 2.45) is 0 Å². The summed E-state index contributed by atoms with van der Waals surface area (Å²) in [4.78, 5) is 34.5. The molecule has 0 bridgehead atoms. The van der Waals surface area contributed by atoms with Crippen LogP contribution in [0.15, 0.2) is 67.0 Å². The maximum atomic E-state index is 14.2. The number of amides is 2. The molecule has 2 amide bonds. The fourth-order valence-electron chi connectivity index (χ4n) is 5.12. The molecule has 1 fully saturated rings. The van der Waals surface area contributed by atoms with Gasteiger partial charge in [-0.2, -0.15) is 0 Å². The summed E-state index contributed by atoms with van der Waals surface area (Å²) in [5.74, 6) is -1.68.